The van der Waals surface area contributed by atoms with Gasteiger partial charge in [-0.1, -0.05) is 12.1 Å². The molecule has 1 aliphatic carbocycles. The number of nitrogens with zero attached hydrogens (tertiary/aromatic N) is 2. The molecule has 2 aromatic heterocycles. The number of amides is 1. The number of pyridine rings is 2. The van der Waals surface area contributed by atoms with Gasteiger partial charge in [-0.05, 0) is 48.1 Å². The summed E-state index contributed by atoms with van der Waals surface area (Å²) in [7, 11) is 0. The van der Waals surface area contributed by atoms with Gasteiger partial charge in [0.05, 0.1) is 5.92 Å². The first-order chi connectivity index (χ1) is 11.6. The Kier molecular flexibility index (Phi) is 3.49. The van der Waals surface area contributed by atoms with Crippen LogP contribution in [0.5, 0.6) is 0 Å². The lowest BCUT2D eigenvalue weighted by Gasteiger charge is -2.08. The highest BCUT2D eigenvalue weighted by atomic mass is 19.1. The first-order valence-corrected chi connectivity index (χ1v) is 7.87. The average Bonchev–Trinajstić information content (AvgIpc) is 3.32. The van der Waals surface area contributed by atoms with Gasteiger partial charge in [0.15, 0.2) is 0 Å². The van der Waals surface area contributed by atoms with Crippen molar-refractivity contribution in [1.82, 2.24) is 9.97 Å². The standard InChI is InChI=1S/C19H16FN3O/c1-11-4-5-21-10-16(11)13-3-2-12-7-18(22-9-14(12)6-13)23-19(24)15-8-17(15)20/h2-7,9-10,15,17H,8H2,1H3,(H,22,23,24)/t15-,17-/m0/s1. The molecular formula is C19H16FN3O. The SMILES string of the molecule is Cc1ccncc1-c1ccc2cc(NC(=O)[C@H]3C[C@@H]3F)ncc2c1. The minimum atomic E-state index is -1.00. The third-order valence-corrected chi connectivity index (χ3v) is 4.37. The molecule has 120 valence electrons. The lowest BCUT2D eigenvalue weighted by Crippen LogP contribution is -2.15. The van der Waals surface area contributed by atoms with Crippen LogP contribution in [0.3, 0.4) is 0 Å². The van der Waals surface area contributed by atoms with Crippen LogP contribution in [0.1, 0.15) is 12.0 Å². The number of anilines is 1. The predicted molar refractivity (Wildman–Crippen MR) is 91.3 cm³/mol. The average molecular weight is 321 g/mol. The van der Waals surface area contributed by atoms with Crippen molar-refractivity contribution in [2.24, 2.45) is 5.92 Å². The zero-order valence-corrected chi connectivity index (χ0v) is 13.2. The van der Waals surface area contributed by atoms with E-state index < -0.39 is 12.1 Å². The van der Waals surface area contributed by atoms with Crippen LogP contribution < -0.4 is 5.32 Å². The van der Waals surface area contributed by atoms with E-state index in [2.05, 4.69) is 21.4 Å². The Hall–Kier alpha value is -2.82. The molecule has 0 spiro atoms. The van der Waals surface area contributed by atoms with Gasteiger partial charge >= 0.3 is 0 Å². The first kappa shape index (κ1) is 14.8. The number of carbonyl (C=O) groups is 1. The second-order valence-electron chi connectivity index (χ2n) is 6.17. The van der Waals surface area contributed by atoms with E-state index in [1.54, 1.807) is 12.4 Å². The molecule has 1 fully saturated rings. The maximum Gasteiger partial charge on any atom is 0.231 e. The fourth-order valence-electron chi connectivity index (χ4n) is 2.80. The lowest BCUT2D eigenvalue weighted by atomic mass is 10.0. The second-order valence-corrected chi connectivity index (χ2v) is 6.17. The van der Waals surface area contributed by atoms with Crippen LogP contribution in [0.2, 0.25) is 0 Å². The summed E-state index contributed by atoms with van der Waals surface area (Å²) < 4.78 is 12.9. The Bertz CT molecular complexity index is 941. The van der Waals surface area contributed by atoms with Crippen molar-refractivity contribution in [2.45, 2.75) is 19.5 Å². The number of aromatic nitrogens is 2. The summed E-state index contributed by atoms with van der Waals surface area (Å²) in [6, 6.07) is 9.85. The number of benzene rings is 1. The van der Waals surface area contributed by atoms with Gasteiger partial charge in [0.25, 0.3) is 0 Å². The van der Waals surface area contributed by atoms with Gasteiger partial charge in [-0.15, -0.1) is 0 Å². The number of alkyl halides is 1. The van der Waals surface area contributed by atoms with E-state index in [9.17, 15) is 9.18 Å². The third kappa shape index (κ3) is 2.73. The number of halogens is 1. The highest BCUT2D eigenvalue weighted by Gasteiger charge is 2.43. The minimum Gasteiger partial charge on any atom is -0.310 e. The molecule has 4 rings (SSSR count). The summed E-state index contributed by atoms with van der Waals surface area (Å²) in [5.74, 6) is -0.354. The smallest absolute Gasteiger partial charge is 0.231 e. The molecule has 0 radical (unpaired) electrons. The Balaban J connectivity index is 1.63. The van der Waals surface area contributed by atoms with E-state index in [0.717, 1.165) is 27.5 Å². The monoisotopic (exact) mass is 321 g/mol. The van der Waals surface area contributed by atoms with Crippen LogP contribution >= 0.6 is 0 Å². The second kappa shape index (κ2) is 5.67. The normalized spacial score (nSPS) is 19.2. The van der Waals surface area contributed by atoms with Crippen LogP contribution in [0.15, 0.2) is 48.9 Å². The summed E-state index contributed by atoms with van der Waals surface area (Å²) in [5, 5.41) is 4.63. The van der Waals surface area contributed by atoms with Crippen molar-refractivity contribution < 1.29 is 9.18 Å². The highest BCUT2D eigenvalue weighted by Crippen LogP contribution is 2.34. The molecule has 1 amide bonds. The van der Waals surface area contributed by atoms with Crippen LogP contribution in [-0.4, -0.2) is 22.0 Å². The largest absolute Gasteiger partial charge is 0.310 e. The van der Waals surface area contributed by atoms with Gasteiger partial charge in [-0.25, -0.2) is 9.37 Å². The van der Waals surface area contributed by atoms with Gasteiger partial charge in [0.1, 0.15) is 12.0 Å². The molecule has 24 heavy (non-hydrogen) atoms. The van der Waals surface area contributed by atoms with Gasteiger partial charge < -0.3 is 5.32 Å². The molecule has 1 aliphatic rings. The summed E-state index contributed by atoms with van der Waals surface area (Å²) in [5.41, 5.74) is 3.32. The Morgan fingerprint density at radius 3 is 2.79 bits per heavy atom. The lowest BCUT2D eigenvalue weighted by molar-refractivity contribution is -0.117. The fraction of sp³-hybridized carbons (Fsp3) is 0.211. The van der Waals surface area contributed by atoms with Crippen LogP contribution in [0.25, 0.3) is 21.9 Å². The van der Waals surface area contributed by atoms with E-state index in [-0.39, 0.29) is 5.91 Å². The van der Waals surface area contributed by atoms with Crippen LogP contribution in [0.4, 0.5) is 10.2 Å². The molecule has 0 unspecified atom stereocenters. The van der Waals surface area contributed by atoms with E-state index in [4.69, 9.17) is 0 Å². The molecule has 0 aliphatic heterocycles. The quantitative estimate of drug-likeness (QED) is 0.796. The number of carbonyl (C=O) groups excluding carboxylic acids is 1. The van der Waals surface area contributed by atoms with Crippen molar-refractivity contribution in [1.29, 1.82) is 0 Å². The Labute approximate surface area is 138 Å². The van der Waals surface area contributed by atoms with Crippen LogP contribution in [-0.2, 0) is 4.79 Å². The summed E-state index contributed by atoms with van der Waals surface area (Å²) in [4.78, 5) is 20.3. The molecule has 2 heterocycles. The summed E-state index contributed by atoms with van der Waals surface area (Å²) >= 11 is 0. The van der Waals surface area contributed by atoms with Crippen molar-refractivity contribution in [2.75, 3.05) is 5.32 Å². The summed E-state index contributed by atoms with van der Waals surface area (Å²) in [6.45, 7) is 2.05. The maximum atomic E-state index is 12.9. The molecule has 1 N–H and O–H groups in total. The summed E-state index contributed by atoms with van der Waals surface area (Å²) in [6.07, 6.45) is 4.66. The van der Waals surface area contributed by atoms with Gasteiger partial charge in [-0.2, -0.15) is 0 Å². The van der Waals surface area contributed by atoms with Crippen molar-refractivity contribution in [3.05, 3.63) is 54.5 Å². The van der Waals surface area contributed by atoms with Gasteiger partial charge in [0, 0.05) is 29.5 Å². The van der Waals surface area contributed by atoms with Gasteiger partial charge in [0.2, 0.25) is 5.91 Å². The number of rotatable bonds is 3. The zero-order chi connectivity index (χ0) is 16.7. The Morgan fingerprint density at radius 2 is 2.04 bits per heavy atom. The fourth-order valence-corrected chi connectivity index (χ4v) is 2.80. The van der Waals surface area contributed by atoms with E-state index in [1.807, 2.05) is 37.4 Å². The van der Waals surface area contributed by atoms with Crippen molar-refractivity contribution in [3.63, 3.8) is 0 Å². The molecule has 5 heteroatoms. The van der Waals surface area contributed by atoms with Crippen molar-refractivity contribution >= 4 is 22.5 Å². The zero-order valence-electron chi connectivity index (χ0n) is 13.2. The molecule has 0 bridgehead atoms. The maximum absolute atomic E-state index is 12.9. The van der Waals surface area contributed by atoms with E-state index in [0.29, 0.717) is 12.2 Å². The highest BCUT2D eigenvalue weighted by molar-refractivity contribution is 5.96. The number of hydrogen-bond donors (Lipinski definition) is 1. The minimum absolute atomic E-state index is 0.294. The molecule has 4 nitrogen and oxygen atoms in total. The van der Waals surface area contributed by atoms with E-state index >= 15 is 0 Å². The number of aryl methyl sites for hydroxylation is 1. The number of nitrogens with one attached hydrogen (secondary N) is 1. The molecule has 2 atom stereocenters. The van der Waals surface area contributed by atoms with E-state index in [1.165, 1.54) is 0 Å². The van der Waals surface area contributed by atoms with Gasteiger partial charge in [-0.3, -0.25) is 9.78 Å². The Morgan fingerprint density at radius 1 is 1.21 bits per heavy atom. The first-order valence-electron chi connectivity index (χ1n) is 7.87. The molecule has 1 aromatic carbocycles. The molecule has 0 saturated heterocycles. The number of hydrogen-bond acceptors (Lipinski definition) is 3. The van der Waals surface area contributed by atoms with Crippen LogP contribution in [0, 0.1) is 12.8 Å². The molecular weight excluding hydrogens is 305 g/mol. The molecule has 3 aromatic rings. The number of fused-ring (bicyclic) bond motifs is 1. The molecule has 1 saturated carbocycles. The predicted octanol–water partition coefficient (Wildman–Crippen LogP) is 3.90. The topological polar surface area (TPSA) is 54.9 Å². The third-order valence-electron chi connectivity index (χ3n) is 4.37. The van der Waals surface area contributed by atoms with Crippen molar-refractivity contribution in [3.8, 4) is 11.1 Å².